The van der Waals surface area contributed by atoms with Gasteiger partial charge in [-0.05, 0) is 30.2 Å². The van der Waals surface area contributed by atoms with Crippen LogP contribution in [0.5, 0.6) is 0 Å². The average molecular weight is 418 g/mol. The van der Waals surface area contributed by atoms with Gasteiger partial charge in [-0.3, -0.25) is 4.79 Å². The Morgan fingerprint density at radius 2 is 1.84 bits per heavy atom. The summed E-state index contributed by atoms with van der Waals surface area (Å²) in [5.41, 5.74) is 0.865. The van der Waals surface area contributed by atoms with Crippen molar-refractivity contribution in [2.24, 2.45) is 0 Å². The number of nitrogens with one attached hydrogen (secondary N) is 1. The van der Waals surface area contributed by atoms with Crippen LogP contribution in [0.25, 0.3) is 0 Å². The maximum atomic E-state index is 12.0. The van der Waals surface area contributed by atoms with Crippen molar-refractivity contribution in [2.75, 3.05) is 18.6 Å². The molecule has 0 saturated carbocycles. The monoisotopic (exact) mass is 417 g/mol. The third-order valence-electron chi connectivity index (χ3n) is 3.36. The van der Waals surface area contributed by atoms with E-state index in [1.54, 1.807) is 24.3 Å². The van der Waals surface area contributed by atoms with Crippen LogP contribution in [0.1, 0.15) is 5.56 Å². The third kappa shape index (κ3) is 5.92. The number of halogens is 2. The molecule has 1 N–H and O–H groups in total. The van der Waals surface area contributed by atoms with Gasteiger partial charge in [0, 0.05) is 17.7 Å². The number of carbonyl (C=O) groups is 1. The van der Waals surface area contributed by atoms with Gasteiger partial charge in [-0.2, -0.15) is 0 Å². The smallest absolute Gasteiger partial charge is 0.230 e. The SMILES string of the molecule is CS(=O)(=O)c1ccccc1SCC(=O)NCCc1cccc(Cl)c1Cl. The minimum Gasteiger partial charge on any atom is -0.355 e. The molecule has 0 saturated heterocycles. The summed E-state index contributed by atoms with van der Waals surface area (Å²) in [6.45, 7) is 0.424. The Hall–Kier alpha value is -1.21. The summed E-state index contributed by atoms with van der Waals surface area (Å²) >= 11 is 13.3. The first kappa shape index (κ1) is 20.1. The van der Waals surface area contributed by atoms with Crippen LogP contribution in [0, 0.1) is 0 Å². The quantitative estimate of drug-likeness (QED) is 0.694. The molecule has 25 heavy (non-hydrogen) atoms. The second kappa shape index (κ2) is 8.94. The number of hydrogen-bond donors (Lipinski definition) is 1. The number of thioether (sulfide) groups is 1. The summed E-state index contributed by atoms with van der Waals surface area (Å²) in [5.74, 6) is -0.0398. The highest BCUT2D eigenvalue weighted by Gasteiger charge is 2.14. The molecule has 0 aliphatic carbocycles. The number of amides is 1. The first-order valence-corrected chi connectivity index (χ1v) is 11.0. The van der Waals surface area contributed by atoms with Crippen molar-refractivity contribution in [3.8, 4) is 0 Å². The van der Waals surface area contributed by atoms with Crippen LogP contribution in [0.15, 0.2) is 52.3 Å². The van der Waals surface area contributed by atoms with Gasteiger partial charge in [0.05, 0.1) is 20.7 Å². The van der Waals surface area contributed by atoms with Gasteiger partial charge in [0.2, 0.25) is 5.91 Å². The van der Waals surface area contributed by atoms with Gasteiger partial charge in [0.25, 0.3) is 0 Å². The van der Waals surface area contributed by atoms with Gasteiger partial charge in [-0.25, -0.2) is 8.42 Å². The van der Waals surface area contributed by atoms with E-state index < -0.39 is 9.84 Å². The molecule has 0 fully saturated rings. The predicted molar refractivity (Wildman–Crippen MR) is 103 cm³/mol. The zero-order valence-corrected chi connectivity index (χ0v) is 16.6. The number of hydrogen-bond acceptors (Lipinski definition) is 4. The van der Waals surface area contributed by atoms with Crippen molar-refractivity contribution >= 4 is 50.7 Å². The molecule has 8 heteroatoms. The van der Waals surface area contributed by atoms with Crippen molar-refractivity contribution in [1.29, 1.82) is 0 Å². The van der Waals surface area contributed by atoms with Gasteiger partial charge in [0.1, 0.15) is 0 Å². The maximum Gasteiger partial charge on any atom is 0.230 e. The van der Waals surface area contributed by atoms with Crippen molar-refractivity contribution in [2.45, 2.75) is 16.2 Å². The Labute approximate surface area is 161 Å². The Kier molecular flexibility index (Phi) is 7.19. The molecule has 0 unspecified atom stereocenters. The van der Waals surface area contributed by atoms with E-state index in [9.17, 15) is 13.2 Å². The van der Waals surface area contributed by atoms with E-state index in [1.165, 1.54) is 17.8 Å². The highest BCUT2D eigenvalue weighted by molar-refractivity contribution is 8.00. The second-order valence-electron chi connectivity index (χ2n) is 5.32. The molecule has 2 aromatic rings. The molecule has 134 valence electrons. The molecule has 4 nitrogen and oxygen atoms in total. The standard InChI is InChI=1S/C17H17Cl2NO3S2/c1-25(22,23)15-8-3-2-7-14(15)24-11-16(21)20-10-9-12-5-4-6-13(18)17(12)19/h2-8H,9-11H2,1H3,(H,20,21). The van der Waals surface area contributed by atoms with Gasteiger partial charge in [0.15, 0.2) is 9.84 Å². The molecular formula is C17H17Cl2NO3S2. The lowest BCUT2D eigenvalue weighted by Crippen LogP contribution is -2.27. The number of benzene rings is 2. The lowest BCUT2D eigenvalue weighted by molar-refractivity contribution is -0.118. The van der Waals surface area contributed by atoms with Crippen molar-refractivity contribution in [3.63, 3.8) is 0 Å². The van der Waals surface area contributed by atoms with Gasteiger partial charge < -0.3 is 5.32 Å². The van der Waals surface area contributed by atoms with Crippen LogP contribution < -0.4 is 5.32 Å². The first-order valence-electron chi connectivity index (χ1n) is 7.40. The molecule has 0 aliphatic rings. The van der Waals surface area contributed by atoms with Gasteiger partial charge in [-0.1, -0.05) is 47.5 Å². The minimum atomic E-state index is -3.32. The van der Waals surface area contributed by atoms with Crippen molar-refractivity contribution in [1.82, 2.24) is 5.32 Å². The largest absolute Gasteiger partial charge is 0.355 e. The van der Waals surface area contributed by atoms with E-state index in [4.69, 9.17) is 23.2 Å². The van der Waals surface area contributed by atoms with E-state index in [0.717, 1.165) is 11.8 Å². The Morgan fingerprint density at radius 3 is 2.56 bits per heavy atom. The Bertz CT molecular complexity index is 870. The van der Waals surface area contributed by atoms with Crippen LogP contribution in [0.4, 0.5) is 0 Å². The molecule has 2 rings (SSSR count). The maximum absolute atomic E-state index is 12.0. The lowest BCUT2D eigenvalue weighted by Gasteiger charge is -2.09. The first-order chi connectivity index (χ1) is 11.8. The summed E-state index contributed by atoms with van der Waals surface area (Å²) in [7, 11) is -3.32. The van der Waals surface area contributed by atoms with Gasteiger partial charge in [-0.15, -0.1) is 11.8 Å². The molecule has 0 aliphatic heterocycles. The molecule has 2 aromatic carbocycles. The summed E-state index contributed by atoms with van der Waals surface area (Å²) in [4.78, 5) is 12.8. The lowest BCUT2D eigenvalue weighted by atomic mass is 10.1. The molecule has 1 amide bonds. The van der Waals surface area contributed by atoms with Gasteiger partial charge >= 0.3 is 0 Å². The molecule has 0 heterocycles. The van der Waals surface area contributed by atoms with E-state index in [-0.39, 0.29) is 16.6 Å². The summed E-state index contributed by atoms with van der Waals surface area (Å²) < 4.78 is 23.5. The highest BCUT2D eigenvalue weighted by Crippen LogP contribution is 2.27. The number of carbonyl (C=O) groups excluding carboxylic acids is 1. The topological polar surface area (TPSA) is 63.2 Å². The third-order valence-corrected chi connectivity index (χ3v) is 6.57. The van der Waals surface area contributed by atoms with E-state index in [1.807, 2.05) is 12.1 Å². The van der Waals surface area contributed by atoms with Crippen LogP contribution in [0.3, 0.4) is 0 Å². The van der Waals surface area contributed by atoms with Crippen LogP contribution in [-0.2, 0) is 21.1 Å². The number of rotatable bonds is 7. The normalized spacial score (nSPS) is 11.3. The fraction of sp³-hybridized carbons (Fsp3) is 0.235. The summed E-state index contributed by atoms with van der Waals surface area (Å²) in [6.07, 6.45) is 1.72. The fourth-order valence-electron chi connectivity index (χ4n) is 2.15. The Morgan fingerprint density at radius 1 is 1.12 bits per heavy atom. The highest BCUT2D eigenvalue weighted by atomic mass is 35.5. The van der Waals surface area contributed by atoms with E-state index >= 15 is 0 Å². The predicted octanol–water partition coefficient (Wildman–Crippen LogP) is 3.85. The minimum absolute atomic E-state index is 0.135. The average Bonchev–Trinajstić information content (AvgIpc) is 2.56. The van der Waals surface area contributed by atoms with Crippen molar-refractivity contribution < 1.29 is 13.2 Å². The molecule has 0 radical (unpaired) electrons. The zero-order chi connectivity index (χ0) is 18.4. The second-order valence-corrected chi connectivity index (χ2v) is 9.11. The molecule has 0 spiro atoms. The molecule has 0 atom stereocenters. The van der Waals surface area contributed by atoms with Crippen LogP contribution in [-0.4, -0.2) is 32.9 Å². The molecule has 0 aromatic heterocycles. The zero-order valence-electron chi connectivity index (χ0n) is 13.5. The fourth-order valence-corrected chi connectivity index (χ4v) is 4.73. The van der Waals surface area contributed by atoms with E-state index in [0.29, 0.717) is 27.9 Å². The van der Waals surface area contributed by atoms with Crippen molar-refractivity contribution in [3.05, 3.63) is 58.1 Å². The van der Waals surface area contributed by atoms with Crippen LogP contribution in [0.2, 0.25) is 10.0 Å². The Balaban J connectivity index is 1.87. The summed E-state index contributed by atoms with van der Waals surface area (Å²) in [6, 6.07) is 12.0. The molecular weight excluding hydrogens is 401 g/mol. The van der Waals surface area contributed by atoms with Crippen LogP contribution >= 0.6 is 35.0 Å². The number of sulfone groups is 1. The summed E-state index contributed by atoms with van der Waals surface area (Å²) in [5, 5.41) is 3.78. The van der Waals surface area contributed by atoms with E-state index in [2.05, 4.69) is 5.32 Å². The molecule has 0 bridgehead atoms.